The van der Waals surface area contributed by atoms with Gasteiger partial charge in [-0.05, 0) is 47.7 Å². The summed E-state index contributed by atoms with van der Waals surface area (Å²) in [5, 5.41) is 4.29. The summed E-state index contributed by atoms with van der Waals surface area (Å²) in [6.45, 7) is 0.880. The Morgan fingerprint density at radius 3 is 2.76 bits per heavy atom. The molecule has 0 N–H and O–H groups in total. The highest BCUT2D eigenvalue weighted by molar-refractivity contribution is 7.10. The number of thiophene rings is 2. The van der Waals surface area contributed by atoms with Crippen LogP contribution in [0.4, 0.5) is 0 Å². The van der Waals surface area contributed by atoms with Crippen molar-refractivity contribution in [2.75, 3.05) is 6.54 Å². The van der Waals surface area contributed by atoms with Crippen LogP contribution in [-0.2, 0) is 11.2 Å². The molecule has 2 aliphatic rings. The highest BCUT2D eigenvalue weighted by atomic mass is 32.1. The minimum atomic E-state index is 0.160. The van der Waals surface area contributed by atoms with E-state index in [0.717, 1.165) is 25.8 Å². The molecule has 1 unspecified atom stereocenters. The third-order valence-electron chi connectivity index (χ3n) is 4.77. The molecule has 1 atom stereocenters. The molecule has 4 heteroatoms. The average molecular weight is 317 g/mol. The predicted molar refractivity (Wildman–Crippen MR) is 87.9 cm³/mol. The number of fused-ring (bicyclic) bond motifs is 1. The SMILES string of the molecule is O=C(C1CCCC1)N1CCc2sccc2C1c1cccs1. The van der Waals surface area contributed by atoms with E-state index in [1.54, 1.807) is 11.3 Å². The van der Waals surface area contributed by atoms with Crippen LogP contribution in [0.1, 0.15) is 47.0 Å². The van der Waals surface area contributed by atoms with Crippen LogP contribution in [0.3, 0.4) is 0 Å². The van der Waals surface area contributed by atoms with E-state index >= 15 is 0 Å². The highest BCUT2D eigenvalue weighted by Gasteiger charge is 2.36. The normalized spacial score (nSPS) is 22.5. The first-order valence-corrected chi connectivity index (χ1v) is 9.50. The largest absolute Gasteiger partial charge is 0.330 e. The Kier molecular flexibility index (Phi) is 3.59. The molecule has 0 bridgehead atoms. The van der Waals surface area contributed by atoms with Gasteiger partial charge in [0.2, 0.25) is 5.91 Å². The van der Waals surface area contributed by atoms with Gasteiger partial charge in [0, 0.05) is 22.2 Å². The molecule has 0 spiro atoms. The van der Waals surface area contributed by atoms with Crippen LogP contribution in [0, 0.1) is 5.92 Å². The van der Waals surface area contributed by atoms with E-state index in [4.69, 9.17) is 0 Å². The monoisotopic (exact) mass is 317 g/mol. The van der Waals surface area contributed by atoms with Crippen molar-refractivity contribution in [3.8, 4) is 0 Å². The first kappa shape index (κ1) is 13.5. The van der Waals surface area contributed by atoms with Gasteiger partial charge in [-0.15, -0.1) is 22.7 Å². The van der Waals surface area contributed by atoms with Gasteiger partial charge in [-0.3, -0.25) is 4.79 Å². The fourth-order valence-electron chi connectivity index (χ4n) is 3.71. The summed E-state index contributed by atoms with van der Waals surface area (Å²) in [6.07, 6.45) is 5.63. The molecule has 0 saturated heterocycles. The molecule has 1 amide bonds. The maximum absolute atomic E-state index is 13.0. The van der Waals surface area contributed by atoms with Crippen LogP contribution >= 0.6 is 22.7 Å². The molecule has 1 aliphatic heterocycles. The van der Waals surface area contributed by atoms with Gasteiger partial charge in [-0.25, -0.2) is 0 Å². The van der Waals surface area contributed by atoms with Crippen molar-refractivity contribution in [2.45, 2.75) is 38.1 Å². The second kappa shape index (κ2) is 5.58. The number of rotatable bonds is 2. The van der Waals surface area contributed by atoms with E-state index in [-0.39, 0.29) is 12.0 Å². The van der Waals surface area contributed by atoms with Crippen LogP contribution in [-0.4, -0.2) is 17.4 Å². The van der Waals surface area contributed by atoms with Crippen LogP contribution in [0.5, 0.6) is 0 Å². The lowest BCUT2D eigenvalue weighted by atomic mass is 9.95. The molecule has 0 aromatic carbocycles. The molecule has 2 aromatic heterocycles. The lowest BCUT2D eigenvalue weighted by Crippen LogP contribution is -2.42. The zero-order chi connectivity index (χ0) is 14.2. The van der Waals surface area contributed by atoms with E-state index < -0.39 is 0 Å². The Labute approximate surface area is 133 Å². The minimum absolute atomic E-state index is 0.160. The summed E-state index contributed by atoms with van der Waals surface area (Å²) in [6, 6.07) is 6.65. The Balaban J connectivity index is 1.71. The number of nitrogens with zero attached hydrogens (tertiary/aromatic N) is 1. The van der Waals surface area contributed by atoms with Crippen LogP contribution in [0.25, 0.3) is 0 Å². The van der Waals surface area contributed by atoms with Crippen LogP contribution < -0.4 is 0 Å². The first-order chi connectivity index (χ1) is 10.3. The van der Waals surface area contributed by atoms with Crippen molar-refractivity contribution in [2.24, 2.45) is 5.92 Å². The summed E-state index contributed by atoms with van der Waals surface area (Å²) >= 11 is 3.61. The maximum atomic E-state index is 13.0. The molecular weight excluding hydrogens is 298 g/mol. The van der Waals surface area contributed by atoms with Gasteiger partial charge in [0.25, 0.3) is 0 Å². The Bertz CT molecular complexity index is 625. The van der Waals surface area contributed by atoms with Crippen LogP contribution in [0.2, 0.25) is 0 Å². The highest BCUT2D eigenvalue weighted by Crippen LogP contribution is 2.41. The fourth-order valence-corrected chi connectivity index (χ4v) is 5.47. The van der Waals surface area contributed by atoms with Gasteiger partial charge >= 0.3 is 0 Å². The first-order valence-electron chi connectivity index (χ1n) is 7.75. The van der Waals surface area contributed by atoms with E-state index in [1.165, 1.54) is 28.2 Å². The number of carbonyl (C=O) groups excluding carboxylic acids is 1. The molecule has 1 fully saturated rings. The Morgan fingerprint density at radius 1 is 1.14 bits per heavy atom. The van der Waals surface area contributed by atoms with Gasteiger partial charge in [0.15, 0.2) is 0 Å². The summed E-state index contributed by atoms with van der Waals surface area (Å²) < 4.78 is 0. The molecule has 2 nitrogen and oxygen atoms in total. The van der Waals surface area contributed by atoms with Crippen LogP contribution in [0.15, 0.2) is 29.0 Å². The lowest BCUT2D eigenvalue weighted by molar-refractivity contribution is -0.137. The molecule has 21 heavy (non-hydrogen) atoms. The van der Waals surface area contributed by atoms with E-state index in [2.05, 4.69) is 33.9 Å². The lowest BCUT2D eigenvalue weighted by Gasteiger charge is -2.37. The van der Waals surface area contributed by atoms with Crippen molar-refractivity contribution in [3.05, 3.63) is 44.3 Å². The van der Waals surface area contributed by atoms with Crippen molar-refractivity contribution >= 4 is 28.6 Å². The zero-order valence-corrected chi connectivity index (χ0v) is 13.6. The van der Waals surface area contributed by atoms with Gasteiger partial charge < -0.3 is 4.90 Å². The van der Waals surface area contributed by atoms with Gasteiger partial charge in [-0.1, -0.05) is 18.9 Å². The van der Waals surface area contributed by atoms with E-state index in [0.29, 0.717) is 5.91 Å². The van der Waals surface area contributed by atoms with Gasteiger partial charge in [-0.2, -0.15) is 0 Å². The van der Waals surface area contributed by atoms with Crippen molar-refractivity contribution in [3.63, 3.8) is 0 Å². The molecule has 110 valence electrons. The molecule has 4 rings (SSSR count). The summed E-state index contributed by atoms with van der Waals surface area (Å²) in [5.41, 5.74) is 1.36. The molecule has 1 saturated carbocycles. The van der Waals surface area contributed by atoms with Gasteiger partial charge in [0.05, 0.1) is 6.04 Å². The van der Waals surface area contributed by atoms with Gasteiger partial charge in [0.1, 0.15) is 0 Å². The van der Waals surface area contributed by atoms with Crippen molar-refractivity contribution in [1.29, 1.82) is 0 Å². The third kappa shape index (κ3) is 2.34. The topological polar surface area (TPSA) is 20.3 Å². The number of hydrogen-bond donors (Lipinski definition) is 0. The zero-order valence-electron chi connectivity index (χ0n) is 12.0. The van der Waals surface area contributed by atoms with E-state index in [1.807, 2.05) is 11.3 Å². The quantitative estimate of drug-likeness (QED) is 0.800. The summed E-state index contributed by atoms with van der Waals surface area (Å²) in [4.78, 5) is 17.9. The van der Waals surface area contributed by atoms with E-state index in [9.17, 15) is 4.79 Å². The Hall–Kier alpha value is -1.13. The smallest absolute Gasteiger partial charge is 0.226 e. The minimum Gasteiger partial charge on any atom is -0.330 e. The molecular formula is C17H19NOS2. The summed E-state index contributed by atoms with van der Waals surface area (Å²) in [7, 11) is 0. The van der Waals surface area contributed by atoms with Crippen molar-refractivity contribution < 1.29 is 4.79 Å². The molecule has 3 heterocycles. The number of amides is 1. The predicted octanol–water partition coefficient (Wildman–Crippen LogP) is 4.47. The van der Waals surface area contributed by atoms with Crippen molar-refractivity contribution in [1.82, 2.24) is 4.90 Å². The molecule has 2 aromatic rings. The second-order valence-corrected chi connectivity index (χ2v) is 7.96. The maximum Gasteiger partial charge on any atom is 0.226 e. The molecule has 1 aliphatic carbocycles. The summed E-state index contributed by atoms with van der Waals surface area (Å²) in [5.74, 6) is 0.662. The second-order valence-electron chi connectivity index (χ2n) is 5.98. The number of hydrogen-bond acceptors (Lipinski definition) is 3. The third-order valence-corrected chi connectivity index (χ3v) is 6.69. The fraction of sp³-hybridized carbons (Fsp3) is 0.471. The molecule has 0 radical (unpaired) electrons. The number of carbonyl (C=O) groups is 1. The Morgan fingerprint density at radius 2 is 2.00 bits per heavy atom. The average Bonchev–Trinajstić information content (AvgIpc) is 3.25. The standard InChI is InChI=1S/C17H19NOS2/c19-17(12-4-1-2-5-12)18-9-7-14-13(8-11-21-14)16(18)15-6-3-10-20-15/h3,6,8,10-12,16H,1-2,4-5,7,9H2.